The molecule has 3 nitrogen and oxygen atoms in total. The summed E-state index contributed by atoms with van der Waals surface area (Å²) in [6.45, 7) is 6.55. The third-order valence-corrected chi connectivity index (χ3v) is 4.01. The number of nitrogens with zero attached hydrogens (tertiary/aromatic N) is 3. The van der Waals surface area contributed by atoms with E-state index in [-0.39, 0.29) is 0 Å². The molecule has 1 aromatic rings. The van der Waals surface area contributed by atoms with Gasteiger partial charge in [0.25, 0.3) is 0 Å². The third-order valence-electron chi connectivity index (χ3n) is 3.09. The molecule has 1 saturated heterocycles. The molecular formula is C12H18BrN3. The van der Waals surface area contributed by atoms with Gasteiger partial charge in [0, 0.05) is 30.2 Å². The van der Waals surface area contributed by atoms with Crippen LogP contribution in [-0.2, 0) is 0 Å². The molecule has 1 fully saturated rings. The fraction of sp³-hybridized carbons (Fsp3) is 0.667. The van der Waals surface area contributed by atoms with E-state index < -0.39 is 0 Å². The number of alkyl halides is 1. The summed E-state index contributed by atoms with van der Waals surface area (Å²) in [6, 6.07) is 2.13. The third kappa shape index (κ3) is 2.54. The van der Waals surface area contributed by atoms with Crippen LogP contribution in [0.3, 0.4) is 0 Å². The van der Waals surface area contributed by atoms with E-state index in [1.165, 1.54) is 6.42 Å². The summed E-state index contributed by atoms with van der Waals surface area (Å²) in [5.74, 6) is 2.32. The Bertz CT molecular complexity index is 354. The quantitative estimate of drug-likeness (QED) is 0.799. The molecule has 0 aromatic carbocycles. The number of halogens is 1. The van der Waals surface area contributed by atoms with Gasteiger partial charge in [-0.3, -0.25) is 0 Å². The van der Waals surface area contributed by atoms with Crippen molar-refractivity contribution in [1.82, 2.24) is 9.97 Å². The van der Waals surface area contributed by atoms with Gasteiger partial charge < -0.3 is 4.90 Å². The van der Waals surface area contributed by atoms with Gasteiger partial charge in [-0.1, -0.05) is 29.8 Å². The zero-order chi connectivity index (χ0) is 11.5. The Hall–Kier alpha value is -0.640. The smallest absolute Gasteiger partial charge is 0.132 e. The average Bonchev–Trinajstić information content (AvgIpc) is 2.77. The summed E-state index contributed by atoms with van der Waals surface area (Å²) in [5, 5.41) is 1.09. The van der Waals surface area contributed by atoms with Crippen LogP contribution < -0.4 is 4.90 Å². The first-order valence-corrected chi connectivity index (χ1v) is 6.95. The monoisotopic (exact) mass is 283 g/mol. The molecule has 1 aromatic heterocycles. The van der Waals surface area contributed by atoms with Crippen molar-refractivity contribution >= 4 is 21.7 Å². The summed E-state index contributed by atoms with van der Waals surface area (Å²) in [4.78, 5) is 11.0. The van der Waals surface area contributed by atoms with Crippen LogP contribution in [0.4, 0.5) is 5.82 Å². The van der Waals surface area contributed by atoms with Crippen molar-refractivity contribution in [1.29, 1.82) is 0 Å². The fourth-order valence-electron chi connectivity index (χ4n) is 2.02. The van der Waals surface area contributed by atoms with Gasteiger partial charge in [0.05, 0.1) is 0 Å². The Balaban J connectivity index is 2.12. The maximum absolute atomic E-state index is 4.37. The molecule has 0 saturated carbocycles. The van der Waals surface area contributed by atoms with Gasteiger partial charge in [-0.15, -0.1) is 0 Å². The molecule has 4 heteroatoms. The van der Waals surface area contributed by atoms with Crippen LogP contribution in [0, 0.1) is 5.92 Å². The zero-order valence-corrected chi connectivity index (χ0v) is 11.4. The van der Waals surface area contributed by atoms with Crippen LogP contribution >= 0.6 is 15.9 Å². The van der Waals surface area contributed by atoms with E-state index in [9.17, 15) is 0 Å². The highest BCUT2D eigenvalue weighted by Gasteiger charge is 2.22. The molecule has 0 amide bonds. The van der Waals surface area contributed by atoms with E-state index in [1.807, 2.05) is 0 Å². The van der Waals surface area contributed by atoms with Crippen molar-refractivity contribution in [2.24, 2.45) is 5.92 Å². The van der Waals surface area contributed by atoms with Crippen LogP contribution in [0.15, 0.2) is 12.4 Å². The zero-order valence-electron chi connectivity index (χ0n) is 9.86. The van der Waals surface area contributed by atoms with E-state index in [1.54, 1.807) is 6.33 Å². The highest BCUT2D eigenvalue weighted by Crippen LogP contribution is 2.24. The lowest BCUT2D eigenvalue weighted by molar-refractivity contribution is 0.675. The van der Waals surface area contributed by atoms with E-state index in [2.05, 4.69) is 50.7 Å². The molecule has 0 bridgehead atoms. The predicted octanol–water partition coefficient (Wildman–Crippen LogP) is 2.82. The van der Waals surface area contributed by atoms with Gasteiger partial charge >= 0.3 is 0 Å². The van der Waals surface area contributed by atoms with Crippen LogP contribution in [0.5, 0.6) is 0 Å². The topological polar surface area (TPSA) is 29.0 Å². The molecule has 0 radical (unpaired) electrons. The molecular weight excluding hydrogens is 266 g/mol. The first kappa shape index (κ1) is 11.8. The van der Waals surface area contributed by atoms with Crippen molar-refractivity contribution in [3.05, 3.63) is 18.1 Å². The SMILES string of the molecule is CC(C)c1cc(N2CCC(CBr)C2)ncn1. The van der Waals surface area contributed by atoms with Crippen LogP contribution in [0.1, 0.15) is 31.9 Å². The van der Waals surface area contributed by atoms with E-state index in [4.69, 9.17) is 0 Å². The van der Waals surface area contributed by atoms with Gasteiger partial charge in [0.1, 0.15) is 12.1 Å². The largest absolute Gasteiger partial charge is 0.356 e. The fourth-order valence-corrected chi connectivity index (χ4v) is 2.55. The van der Waals surface area contributed by atoms with Crippen LogP contribution in [0.25, 0.3) is 0 Å². The molecule has 2 heterocycles. The van der Waals surface area contributed by atoms with Gasteiger partial charge in [-0.05, 0) is 18.3 Å². The highest BCUT2D eigenvalue weighted by molar-refractivity contribution is 9.09. The number of rotatable bonds is 3. The molecule has 16 heavy (non-hydrogen) atoms. The number of hydrogen-bond donors (Lipinski definition) is 0. The second kappa shape index (κ2) is 5.13. The Morgan fingerprint density at radius 3 is 2.94 bits per heavy atom. The van der Waals surface area contributed by atoms with Gasteiger partial charge in [-0.25, -0.2) is 9.97 Å². The summed E-state index contributed by atoms with van der Waals surface area (Å²) in [7, 11) is 0. The summed E-state index contributed by atoms with van der Waals surface area (Å²) in [6.07, 6.45) is 2.94. The summed E-state index contributed by atoms with van der Waals surface area (Å²) >= 11 is 3.55. The maximum Gasteiger partial charge on any atom is 0.132 e. The second-order valence-electron chi connectivity index (χ2n) is 4.71. The summed E-state index contributed by atoms with van der Waals surface area (Å²) in [5.41, 5.74) is 1.13. The van der Waals surface area contributed by atoms with E-state index in [0.717, 1.165) is 35.8 Å². The Labute approximate surface area is 105 Å². The Morgan fingerprint density at radius 1 is 1.50 bits per heavy atom. The van der Waals surface area contributed by atoms with Crippen LogP contribution in [0.2, 0.25) is 0 Å². The van der Waals surface area contributed by atoms with Crippen molar-refractivity contribution in [3.63, 3.8) is 0 Å². The van der Waals surface area contributed by atoms with Crippen molar-refractivity contribution in [2.45, 2.75) is 26.2 Å². The van der Waals surface area contributed by atoms with Crippen molar-refractivity contribution in [2.75, 3.05) is 23.3 Å². The molecule has 0 N–H and O–H groups in total. The molecule has 2 rings (SSSR count). The standard InChI is InChI=1S/C12H18BrN3/c1-9(2)11-5-12(15-8-14-11)16-4-3-10(6-13)7-16/h5,8-10H,3-4,6-7H2,1-2H3. The number of anilines is 1. The minimum Gasteiger partial charge on any atom is -0.356 e. The second-order valence-corrected chi connectivity index (χ2v) is 5.36. The number of hydrogen-bond acceptors (Lipinski definition) is 3. The first-order valence-electron chi connectivity index (χ1n) is 5.83. The molecule has 1 unspecified atom stereocenters. The first-order chi connectivity index (χ1) is 7.70. The minimum absolute atomic E-state index is 0.469. The van der Waals surface area contributed by atoms with Gasteiger partial charge in [-0.2, -0.15) is 0 Å². The van der Waals surface area contributed by atoms with Crippen LogP contribution in [-0.4, -0.2) is 28.4 Å². The molecule has 88 valence electrons. The number of aromatic nitrogens is 2. The van der Waals surface area contributed by atoms with Crippen molar-refractivity contribution in [3.8, 4) is 0 Å². The lowest BCUT2D eigenvalue weighted by Gasteiger charge is -2.18. The van der Waals surface area contributed by atoms with Gasteiger partial charge in [0.2, 0.25) is 0 Å². The Kier molecular flexibility index (Phi) is 3.79. The molecule has 1 aliphatic heterocycles. The maximum atomic E-state index is 4.37. The average molecular weight is 284 g/mol. The predicted molar refractivity (Wildman–Crippen MR) is 70.2 cm³/mol. The highest BCUT2D eigenvalue weighted by atomic mass is 79.9. The molecule has 1 atom stereocenters. The lowest BCUT2D eigenvalue weighted by atomic mass is 10.1. The van der Waals surface area contributed by atoms with E-state index in [0.29, 0.717) is 5.92 Å². The Morgan fingerprint density at radius 2 is 2.31 bits per heavy atom. The lowest BCUT2D eigenvalue weighted by Crippen LogP contribution is -2.21. The van der Waals surface area contributed by atoms with Gasteiger partial charge in [0.15, 0.2) is 0 Å². The van der Waals surface area contributed by atoms with E-state index >= 15 is 0 Å². The van der Waals surface area contributed by atoms with Crippen molar-refractivity contribution < 1.29 is 0 Å². The molecule has 0 aliphatic carbocycles. The molecule has 0 spiro atoms. The summed E-state index contributed by atoms with van der Waals surface area (Å²) < 4.78 is 0. The minimum atomic E-state index is 0.469. The molecule has 1 aliphatic rings. The normalized spacial score (nSPS) is 20.8.